The van der Waals surface area contributed by atoms with Crippen molar-refractivity contribution in [3.8, 4) is 5.75 Å². The summed E-state index contributed by atoms with van der Waals surface area (Å²) in [6.07, 6.45) is 7.19. The molecule has 0 aromatic heterocycles. The Bertz CT molecular complexity index is 691. The van der Waals surface area contributed by atoms with Crippen LogP contribution in [0.3, 0.4) is 0 Å². The average molecular weight is 408 g/mol. The van der Waals surface area contributed by atoms with Crippen molar-refractivity contribution in [1.82, 2.24) is 10.0 Å². The molecule has 10 heteroatoms. The van der Waals surface area contributed by atoms with Crippen molar-refractivity contribution < 1.29 is 18.1 Å². The van der Waals surface area contributed by atoms with Gasteiger partial charge in [0, 0.05) is 25.2 Å². The lowest BCUT2D eigenvalue weighted by atomic mass is 10.1. The highest BCUT2D eigenvalue weighted by molar-refractivity contribution is 7.89. The van der Waals surface area contributed by atoms with Gasteiger partial charge in [-0.3, -0.25) is 10.1 Å². The van der Waals surface area contributed by atoms with Crippen LogP contribution in [0.2, 0.25) is 0 Å². The zero-order valence-corrected chi connectivity index (χ0v) is 16.4. The van der Waals surface area contributed by atoms with E-state index in [-0.39, 0.29) is 35.3 Å². The van der Waals surface area contributed by atoms with Gasteiger partial charge in [0.2, 0.25) is 10.0 Å². The fraction of sp³-hybridized carbons (Fsp3) is 0.625. The van der Waals surface area contributed by atoms with Gasteiger partial charge in [-0.15, -0.1) is 12.4 Å². The van der Waals surface area contributed by atoms with Crippen LogP contribution >= 0.6 is 12.4 Å². The van der Waals surface area contributed by atoms with Crippen LogP contribution in [0.15, 0.2) is 23.1 Å². The molecule has 1 aromatic carbocycles. The first-order chi connectivity index (χ1) is 11.9. The molecule has 0 bridgehead atoms. The standard InChI is InChI=1S/C16H25N3O5S.ClH/c1-24-16-9-8-14(12-15(16)19(20)21)25(22,23)18-11-10-17-13-6-4-2-3-5-7-13;/h8-9,12-13,17-18H,2-7,10-11H2,1H3;1H. The molecular formula is C16H26ClN3O5S. The van der Waals surface area contributed by atoms with Gasteiger partial charge in [0.1, 0.15) is 0 Å². The van der Waals surface area contributed by atoms with Crippen LogP contribution in [-0.4, -0.2) is 39.6 Å². The Kier molecular flexibility index (Phi) is 9.28. The second kappa shape index (κ2) is 10.7. The van der Waals surface area contributed by atoms with Gasteiger partial charge in [0.15, 0.2) is 5.75 Å². The van der Waals surface area contributed by atoms with Crippen molar-refractivity contribution in [2.75, 3.05) is 20.2 Å². The lowest BCUT2D eigenvalue weighted by Gasteiger charge is -2.16. The van der Waals surface area contributed by atoms with Crippen molar-refractivity contribution in [1.29, 1.82) is 0 Å². The second-order valence-electron chi connectivity index (χ2n) is 6.13. The van der Waals surface area contributed by atoms with E-state index in [1.807, 2.05) is 0 Å². The molecule has 0 unspecified atom stereocenters. The van der Waals surface area contributed by atoms with E-state index < -0.39 is 14.9 Å². The predicted molar refractivity (Wildman–Crippen MR) is 102 cm³/mol. The number of methoxy groups -OCH3 is 1. The minimum atomic E-state index is -3.80. The number of ether oxygens (including phenoxy) is 1. The van der Waals surface area contributed by atoms with E-state index in [2.05, 4.69) is 10.0 Å². The number of nitro groups is 1. The molecular weight excluding hydrogens is 382 g/mol. The smallest absolute Gasteiger partial charge is 0.312 e. The highest BCUT2D eigenvalue weighted by Crippen LogP contribution is 2.29. The summed E-state index contributed by atoms with van der Waals surface area (Å²) in [6.45, 7) is 0.765. The summed E-state index contributed by atoms with van der Waals surface area (Å²) in [6, 6.07) is 4.04. The SMILES string of the molecule is COc1ccc(S(=O)(=O)NCCNC2CCCCCC2)cc1[N+](=O)[O-].Cl. The van der Waals surface area contributed by atoms with Crippen molar-refractivity contribution in [2.45, 2.75) is 49.5 Å². The van der Waals surface area contributed by atoms with Crippen molar-refractivity contribution >= 4 is 28.1 Å². The van der Waals surface area contributed by atoms with Crippen LogP contribution in [0, 0.1) is 10.1 Å². The minimum Gasteiger partial charge on any atom is -0.490 e. The molecule has 0 atom stereocenters. The summed E-state index contributed by atoms with van der Waals surface area (Å²) in [5, 5.41) is 14.4. The van der Waals surface area contributed by atoms with E-state index in [4.69, 9.17) is 4.74 Å². The largest absolute Gasteiger partial charge is 0.490 e. The van der Waals surface area contributed by atoms with Gasteiger partial charge >= 0.3 is 5.69 Å². The lowest BCUT2D eigenvalue weighted by molar-refractivity contribution is -0.386. The highest BCUT2D eigenvalue weighted by Gasteiger charge is 2.21. The Balaban J connectivity index is 0.00000338. The number of nitro benzene ring substituents is 1. The maximum Gasteiger partial charge on any atom is 0.312 e. The van der Waals surface area contributed by atoms with Gasteiger partial charge in [0.25, 0.3) is 0 Å². The van der Waals surface area contributed by atoms with Crippen LogP contribution in [0.4, 0.5) is 5.69 Å². The van der Waals surface area contributed by atoms with Gasteiger partial charge in [-0.05, 0) is 25.0 Å². The molecule has 8 nitrogen and oxygen atoms in total. The van der Waals surface area contributed by atoms with E-state index in [0.29, 0.717) is 12.6 Å². The Labute approximate surface area is 160 Å². The third kappa shape index (κ3) is 6.39. The number of rotatable bonds is 8. The first kappa shape index (κ1) is 22.6. The fourth-order valence-corrected chi connectivity index (χ4v) is 4.06. The van der Waals surface area contributed by atoms with Gasteiger partial charge in [-0.2, -0.15) is 0 Å². The molecule has 1 saturated carbocycles. The minimum absolute atomic E-state index is 0. The number of halogens is 1. The van der Waals surface area contributed by atoms with Crippen molar-refractivity contribution in [3.63, 3.8) is 0 Å². The molecule has 1 aliphatic rings. The zero-order chi connectivity index (χ0) is 18.3. The van der Waals surface area contributed by atoms with Crippen molar-refractivity contribution in [2.24, 2.45) is 0 Å². The Morgan fingerprint density at radius 2 is 1.85 bits per heavy atom. The maximum atomic E-state index is 12.3. The summed E-state index contributed by atoms with van der Waals surface area (Å²) < 4.78 is 32.0. The second-order valence-corrected chi connectivity index (χ2v) is 7.90. The summed E-state index contributed by atoms with van der Waals surface area (Å²) in [5.74, 6) is 0.0268. The first-order valence-electron chi connectivity index (χ1n) is 8.49. The molecule has 1 fully saturated rings. The van der Waals surface area contributed by atoms with Crippen LogP contribution in [0.5, 0.6) is 5.75 Å². The van der Waals surface area contributed by atoms with Crippen molar-refractivity contribution in [3.05, 3.63) is 28.3 Å². The third-order valence-electron chi connectivity index (χ3n) is 4.36. The molecule has 148 valence electrons. The van der Waals surface area contributed by atoms with Gasteiger partial charge in [0.05, 0.1) is 16.9 Å². The average Bonchev–Trinajstić information content (AvgIpc) is 2.87. The number of nitrogens with zero attached hydrogens (tertiary/aromatic N) is 1. The Morgan fingerprint density at radius 3 is 2.42 bits per heavy atom. The molecule has 0 aliphatic heterocycles. The fourth-order valence-electron chi connectivity index (χ4n) is 3.01. The molecule has 2 rings (SSSR count). The molecule has 26 heavy (non-hydrogen) atoms. The molecule has 1 aliphatic carbocycles. The van der Waals surface area contributed by atoms with E-state index in [1.165, 1.54) is 44.9 Å². The molecule has 0 saturated heterocycles. The molecule has 0 heterocycles. The number of benzene rings is 1. The van der Waals surface area contributed by atoms with Gasteiger partial charge in [-0.1, -0.05) is 25.7 Å². The summed E-state index contributed by atoms with van der Waals surface area (Å²) in [4.78, 5) is 10.2. The lowest BCUT2D eigenvalue weighted by Crippen LogP contribution is -2.36. The van der Waals surface area contributed by atoms with Crippen LogP contribution in [0.25, 0.3) is 0 Å². The third-order valence-corrected chi connectivity index (χ3v) is 5.82. The zero-order valence-electron chi connectivity index (χ0n) is 14.8. The van der Waals surface area contributed by atoms with Gasteiger partial charge in [-0.25, -0.2) is 13.1 Å². The van der Waals surface area contributed by atoms with E-state index >= 15 is 0 Å². The monoisotopic (exact) mass is 407 g/mol. The summed E-state index contributed by atoms with van der Waals surface area (Å²) >= 11 is 0. The topological polar surface area (TPSA) is 111 Å². The van der Waals surface area contributed by atoms with Crippen LogP contribution in [0.1, 0.15) is 38.5 Å². The normalized spacial score (nSPS) is 15.7. The number of sulfonamides is 1. The van der Waals surface area contributed by atoms with E-state index in [0.717, 1.165) is 18.9 Å². The van der Waals surface area contributed by atoms with Crippen LogP contribution < -0.4 is 14.8 Å². The maximum absolute atomic E-state index is 12.3. The summed E-state index contributed by atoms with van der Waals surface area (Å²) in [7, 11) is -2.50. The predicted octanol–water partition coefficient (Wildman–Crippen LogP) is 2.62. The van der Waals surface area contributed by atoms with Crippen LogP contribution in [-0.2, 0) is 10.0 Å². The number of hydrogen-bond donors (Lipinski definition) is 2. The summed E-state index contributed by atoms with van der Waals surface area (Å²) in [5.41, 5.74) is -0.373. The quantitative estimate of drug-likeness (QED) is 0.296. The number of nitrogens with one attached hydrogen (secondary N) is 2. The highest BCUT2D eigenvalue weighted by atomic mass is 35.5. The molecule has 2 N–H and O–H groups in total. The first-order valence-corrected chi connectivity index (χ1v) is 9.98. The molecule has 0 spiro atoms. The molecule has 0 amide bonds. The van der Waals surface area contributed by atoms with E-state index in [9.17, 15) is 18.5 Å². The van der Waals surface area contributed by atoms with E-state index in [1.54, 1.807) is 0 Å². The van der Waals surface area contributed by atoms with Gasteiger partial charge < -0.3 is 10.1 Å². The number of hydrogen-bond acceptors (Lipinski definition) is 6. The molecule has 1 aromatic rings. The Hall–Kier alpha value is -1.42. The molecule has 0 radical (unpaired) electrons. The Morgan fingerprint density at radius 1 is 1.19 bits per heavy atom.